The van der Waals surface area contributed by atoms with Crippen LogP contribution in [0.2, 0.25) is 0 Å². The second kappa shape index (κ2) is 6.45. The summed E-state index contributed by atoms with van der Waals surface area (Å²) in [5.41, 5.74) is 2.25. The van der Waals surface area contributed by atoms with Crippen molar-refractivity contribution in [2.45, 2.75) is 19.4 Å². The van der Waals surface area contributed by atoms with E-state index in [0.29, 0.717) is 4.47 Å². The van der Waals surface area contributed by atoms with Gasteiger partial charge in [-0.05, 0) is 62.9 Å². The molecule has 1 N–H and O–H groups in total. The lowest BCUT2D eigenvalue weighted by molar-refractivity contribution is 0.539. The third-order valence-corrected chi connectivity index (χ3v) is 4.40. The molecule has 0 bridgehead atoms. The summed E-state index contributed by atoms with van der Waals surface area (Å²) < 4.78 is 14.1. The SMILES string of the molecule is CCNC(Cc1ccsc1)c1cccc(F)c1Br. The first-order valence-corrected chi connectivity index (χ1v) is 7.64. The van der Waals surface area contributed by atoms with Gasteiger partial charge in [-0.25, -0.2) is 4.39 Å². The van der Waals surface area contributed by atoms with Crippen LogP contribution in [0.5, 0.6) is 0 Å². The van der Waals surface area contributed by atoms with E-state index in [4.69, 9.17) is 0 Å². The molecular weight excluding hydrogens is 313 g/mol. The predicted molar refractivity (Wildman–Crippen MR) is 78.5 cm³/mol. The minimum atomic E-state index is -0.208. The summed E-state index contributed by atoms with van der Waals surface area (Å²) >= 11 is 5.03. The molecule has 1 aromatic carbocycles. The number of benzene rings is 1. The van der Waals surface area contributed by atoms with E-state index >= 15 is 0 Å². The number of hydrogen-bond acceptors (Lipinski definition) is 2. The van der Waals surface area contributed by atoms with Crippen molar-refractivity contribution in [2.24, 2.45) is 0 Å². The molecule has 1 unspecified atom stereocenters. The van der Waals surface area contributed by atoms with Gasteiger partial charge in [-0.15, -0.1) is 0 Å². The molecule has 0 saturated heterocycles. The Balaban J connectivity index is 2.26. The summed E-state index contributed by atoms with van der Waals surface area (Å²) in [4.78, 5) is 0. The van der Waals surface area contributed by atoms with Crippen molar-refractivity contribution >= 4 is 27.3 Å². The fourth-order valence-electron chi connectivity index (χ4n) is 1.97. The Kier molecular flexibility index (Phi) is 4.92. The Morgan fingerprint density at radius 1 is 1.39 bits per heavy atom. The van der Waals surface area contributed by atoms with Gasteiger partial charge >= 0.3 is 0 Å². The van der Waals surface area contributed by atoms with Crippen LogP contribution in [-0.2, 0) is 6.42 Å². The molecule has 1 aromatic heterocycles. The van der Waals surface area contributed by atoms with Crippen LogP contribution >= 0.6 is 27.3 Å². The number of nitrogens with one attached hydrogen (secondary N) is 1. The van der Waals surface area contributed by atoms with Gasteiger partial charge < -0.3 is 5.32 Å². The maximum atomic E-state index is 13.6. The van der Waals surface area contributed by atoms with E-state index in [1.165, 1.54) is 11.6 Å². The van der Waals surface area contributed by atoms with Gasteiger partial charge in [-0.2, -0.15) is 11.3 Å². The Morgan fingerprint density at radius 2 is 2.22 bits per heavy atom. The minimum absolute atomic E-state index is 0.134. The molecule has 1 nitrogen and oxygen atoms in total. The molecule has 4 heteroatoms. The Labute approximate surface area is 119 Å². The Bertz CT molecular complexity index is 499. The van der Waals surface area contributed by atoms with E-state index in [9.17, 15) is 4.39 Å². The van der Waals surface area contributed by atoms with Crippen molar-refractivity contribution in [2.75, 3.05) is 6.54 Å². The second-order valence-electron chi connectivity index (χ2n) is 4.09. The van der Waals surface area contributed by atoms with Gasteiger partial charge in [-0.1, -0.05) is 19.1 Å². The smallest absolute Gasteiger partial charge is 0.137 e. The predicted octanol–water partition coefficient (Wildman–Crippen LogP) is 4.54. The van der Waals surface area contributed by atoms with E-state index < -0.39 is 0 Å². The second-order valence-corrected chi connectivity index (χ2v) is 5.66. The lowest BCUT2D eigenvalue weighted by atomic mass is 10.0. The normalized spacial score (nSPS) is 12.6. The van der Waals surface area contributed by atoms with Crippen LogP contribution in [0.3, 0.4) is 0 Å². The molecule has 96 valence electrons. The van der Waals surface area contributed by atoms with Crippen molar-refractivity contribution in [3.05, 3.63) is 56.4 Å². The van der Waals surface area contributed by atoms with Crippen LogP contribution in [0.1, 0.15) is 24.1 Å². The summed E-state index contributed by atoms with van der Waals surface area (Å²) in [5, 5.41) is 7.62. The Hall–Kier alpha value is -0.710. The van der Waals surface area contributed by atoms with Crippen LogP contribution in [0, 0.1) is 5.82 Å². The maximum Gasteiger partial charge on any atom is 0.137 e. The fourth-order valence-corrected chi connectivity index (χ4v) is 3.19. The molecule has 0 amide bonds. The van der Waals surface area contributed by atoms with E-state index in [-0.39, 0.29) is 11.9 Å². The summed E-state index contributed by atoms with van der Waals surface area (Å²) in [6.45, 7) is 2.92. The van der Waals surface area contributed by atoms with Gasteiger partial charge in [0.05, 0.1) is 4.47 Å². The van der Waals surface area contributed by atoms with Gasteiger partial charge in [0.2, 0.25) is 0 Å². The van der Waals surface area contributed by atoms with Gasteiger partial charge in [-0.3, -0.25) is 0 Å². The summed E-state index contributed by atoms with van der Waals surface area (Å²) in [5.74, 6) is -0.208. The quantitative estimate of drug-likeness (QED) is 0.849. The van der Waals surface area contributed by atoms with Crippen molar-refractivity contribution in [1.29, 1.82) is 0 Å². The monoisotopic (exact) mass is 327 g/mol. The first-order valence-electron chi connectivity index (χ1n) is 5.90. The number of likely N-dealkylation sites (N-methyl/N-ethyl adjacent to an activating group) is 1. The van der Waals surface area contributed by atoms with E-state index in [1.54, 1.807) is 17.4 Å². The van der Waals surface area contributed by atoms with Crippen LogP contribution in [0.15, 0.2) is 39.5 Å². The molecule has 0 aliphatic carbocycles. The third kappa shape index (κ3) is 3.19. The molecular formula is C14H15BrFNS. The summed E-state index contributed by atoms with van der Waals surface area (Å²) in [7, 11) is 0. The number of halogens is 2. The summed E-state index contributed by atoms with van der Waals surface area (Å²) in [6, 6.07) is 7.44. The van der Waals surface area contributed by atoms with E-state index in [0.717, 1.165) is 18.5 Å². The lowest BCUT2D eigenvalue weighted by Crippen LogP contribution is -2.23. The van der Waals surface area contributed by atoms with Crippen LogP contribution in [-0.4, -0.2) is 6.54 Å². The molecule has 0 fully saturated rings. The van der Waals surface area contributed by atoms with E-state index in [2.05, 4.69) is 45.0 Å². The highest BCUT2D eigenvalue weighted by molar-refractivity contribution is 9.10. The number of thiophene rings is 1. The van der Waals surface area contributed by atoms with E-state index in [1.807, 2.05) is 6.07 Å². The molecule has 2 aromatic rings. The van der Waals surface area contributed by atoms with Crippen molar-refractivity contribution in [3.8, 4) is 0 Å². The molecule has 0 aliphatic heterocycles. The highest BCUT2D eigenvalue weighted by Gasteiger charge is 2.16. The van der Waals surface area contributed by atoms with Gasteiger partial charge in [0.1, 0.15) is 5.82 Å². The minimum Gasteiger partial charge on any atom is -0.310 e. The number of hydrogen-bond donors (Lipinski definition) is 1. The first-order chi connectivity index (χ1) is 8.72. The van der Waals surface area contributed by atoms with Gasteiger partial charge in [0.25, 0.3) is 0 Å². The lowest BCUT2D eigenvalue weighted by Gasteiger charge is -2.19. The molecule has 2 rings (SSSR count). The van der Waals surface area contributed by atoms with Crippen molar-refractivity contribution in [1.82, 2.24) is 5.32 Å². The highest BCUT2D eigenvalue weighted by Crippen LogP contribution is 2.28. The molecule has 18 heavy (non-hydrogen) atoms. The topological polar surface area (TPSA) is 12.0 Å². The first kappa shape index (κ1) is 13.7. The largest absolute Gasteiger partial charge is 0.310 e. The molecule has 0 saturated carbocycles. The van der Waals surface area contributed by atoms with Crippen LogP contribution < -0.4 is 5.32 Å². The molecule has 1 heterocycles. The van der Waals surface area contributed by atoms with Crippen molar-refractivity contribution < 1.29 is 4.39 Å². The molecule has 0 spiro atoms. The van der Waals surface area contributed by atoms with Crippen LogP contribution in [0.25, 0.3) is 0 Å². The standard InChI is InChI=1S/C14H15BrFNS/c1-2-17-13(8-10-6-7-18-9-10)11-4-3-5-12(16)14(11)15/h3-7,9,13,17H,2,8H2,1H3. The zero-order valence-electron chi connectivity index (χ0n) is 10.1. The van der Waals surface area contributed by atoms with Crippen LogP contribution in [0.4, 0.5) is 4.39 Å². The summed E-state index contributed by atoms with van der Waals surface area (Å²) in [6.07, 6.45) is 0.874. The zero-order valence-corrected chi connectivity index (χ0v) is 12.5. The molecule has 0 aliphatic rings. The number of rotatable bonds is 5. The van der Waals surface area contributed by atoms with Gasteiger partial charge in [0, 0.05) is 6.04 Å². The highest BCUT2D eigenvalue weighted by atomic mass is 79.9. The zero-order chi connectivity index (χ0) is 13.0. The average molecular weight is 328 g/mol. The molecule has 1 atom stereocenters. The van der Waals surface area contributed by atoms with Crippen molar-refractivity contribution in [3.63, 3.8) is 0 Å². The van der Waals surface area contributed by atoms with Gasteiger partial charge in [0.15, 0.2) is 0 Å². The average Bonchev–Trinajstić information content (AvgIpc) is 2.85. The Morgan fingerprint density at radius 3 is 2.89 bits per heavy atom. The maximum absolute atomic E-state index is 13.6. The molecule has 0 radical (unpaired) electrons. The fraction of sp³-hybridized carbons (Fsp3) is 0.286. The third-order valence-electron chi connectivity index (χ3n) is 2.83.